The van der Waals surface area contributed by atoms with Gasteiger partial charge in [-0.1, -0.05) is 28.1 Å². The van der Waals surface area contributed by atoms with Gasteiger partial charge < -0.3 is 9.15 Å². The van der Waals surface area contributed by atoms with Gasteiger partial charge in [-0.25, -0.2) is 0 Å². The number of fused-ring (bicyclic) bond motifs is 1. The molecule has 1 aromatic heterocycles. The third-order valence-electron chi connectivity index (χ3n) is 3.22. The van der Waals surface area contributed by atoms with E-state index in [-0.39, 0.29) is 10.4 Å². The molecule has 1 atom stereocenters. The van der Waals surface area contributed by atoms with Crippen LogP contribution in [0.5, 0.6) is 5.75 Å². The smallest absolute Gasteiger partial charge is 0.169 e. The summed E-state index contributed by atoms with van der Waals surface area (Å²) in [5.74, 6) is 1.89. The minimum Gasteiger partial charge on any atom is -0.487 e. The Balaban J connectivity index is 1.92. The van der Waals surface area contributed by atoms with Crippen LogP contribution in [0.4, 0.5) is 0 Å². The number of furan rings is 1. The molecule has 0 saturated heterocycles. The van der Waals surface area contributed by atoms with E-state index in [9.17, 15) is 0 Å². The predicted molar refractivity (Wildman–Crippen MR) is 82.0 cm³/mol. The largest absolute Gasteiger partial charge is 0.487 e. The number of hydrogen-bond donors (Lipinski definition) is 0. The van der Waals surface area contributed by atoms with E-state index in [0.29, 0.717) is 0 Å². The van der Waals surface area contributed by atoms with Gasteiger partial charge in [-0.05, 0) is 59.1 Å². The van der Waals surface area contributed by atoms with Gasteiger partial charge in [0.25, 0.3) is 0 Å². The highest BCUT2D eigenvalue weighted by molar-refractivity contribution is 9.10. The zero-order valence-corrected chi connectivity index (χ0v) is 13.9. The molecular formula is C15H14Br2O2. The Kier molecular flexibility index (Phi) is 3.26. The Hall–Kier alpha value is -0.740. The summed E-state index contributed by atoms with van der Waals surface area (Å²) >= 11 is 7.02. The van der Waals surface area contributed by atoms with E-state index in [2.05, 4.69) is 57.8 Å². The van der Waals surface area contributed by atoms with Gasteiger partial charge in [-0.15, -0.1) is 0 Å². The quantitative estimate of drug-likeness (QED) is 0.659. The zero-order valence-electron chi connectivity index (χ0n) is 10.7. The molecule has 0 fully saturated rings. The van der Waals surface area contributed by atoms with E-state index in [4.69, 9.17) is 9.15 Å². The van der Waals surface area contributed by atoms with Crippen molar-refractivity contribution in [3.63, 3.8) is 0 Å². The molecule has 1 aliphatic heterocycles. The van der Waals surface area contributed by atoms with E-state index in [1.807, 2.05) is 18.2 Å². The van der Waals surface area contributed by atoms with Crippen LogP contribution in [-0.4, -0.2) is 5.60 Å². The van der Waals surface area contributed by atoms with Gasteiger partial charge in [0.15, 0.2) is 4.67 Å². The number of hydrogen-bond acceptors (Lipinski definition) is 2. The average Bonchev–Trinajstić information content (AvgIpc) is 2.88. The summed E-state index contributed by atoms with van der Waals surface area (Å²) in [7, 11) is 0. The first-order valence-corrected chi connectivity index (χ1v) is 7.87. The van der Waals surface area contributed by atoms with Crippen LogP contribution in [0.15, 0.2) is 39.4 Å². The Morgan fingerprint density at radius 3 is 2.68 bits per heavy atom. The second kappa shape index (κ2) is 4.67. The van der Waals surface area contributed by atoms with E-state index in [1.165, 1.54) is 11.1 Å². The third kappa shape index (κ3) is 2.61. The van der Waals surface area contributed by atoms with Crippen molar-refractivity contribution in [1.29, 1.82) is 0 Å². The molecule has 0 aliphatic carbocycles. The first-order valence-electron chi connectivity index (χ1n) is 6.16. The number of ether oxygens (including phenoxy) is 1. The Morgan fingerprint density at radius 2 is 2.00 bits per heavy atom. The Labute approximate surface area is 129 Å². The second-order valence-electron chi connectivity index (χ2n) is 5.41. The second-order valence-corrected chi connectivity index (χ2v) is 7.11. The van der Waals surface area contributed by atoms with Crippen molar-refractivity contribution in [2.45, 2.75) is 30.7 Å². The summed E-state index contributed by atoms with van der Waals surface area (Å²) in [5.41, 5.74) is 2.34. The molecule has 0 saturated carbocycles. The molecule has 0 N–H and O–H groups in total. The van der Waals surface area contributed by atoms with Crippen molar-refractivity contribution in [2.24, 2.45) is 0 Å². The maximum absolute atomic E-state index is 5.89. The number of rotatable bonds is 2. The van der Waals surface area contributed by atoms with Crippen molar-refractivity contribution >= 4 is 31.9 Å². The first-order chi connectivity index (χ1) is 8.94. The zero-order chi connectivity index (χ0) is 13.6. The maximum atomic E-state index is 5.89. The number of benzene rings is 1. The molecule has 1 unspecified atom stereocenters. The molecule has 0 spiro atoms. The summed E-state index contributed by atoms with van der Waals surface area (Å²) in [6, 6.07) is 10.2. The van der Waals surface area contributed by atoms with Crippen molar-refractivity contribution < 1.29 is 9.15 Å². The van der Waals surface area contributed by atoms with Crippen LogP contribution in [-0.2, 0) is 6.42 Å². The highest BCUT2D eigenvalue weighted by atomic mass is 79.9. The monoisotopic (exact) mass is 384 g/mol. The van der Waals surface area contributed by atoms with Crippen LogP contribution in [0.25, 0.3) is 0 Å². The molecule has 0 amide bonds. The molecule has 0 bridgehead atoms. The van der Waals surface area contributed by atoms with Gasteiger partial charge in [-0.3, -0.25) is 0 Å². The van der Waals surface area contributed by atoms with Crippen LogP contribution in [0.1, 0.15) is 35.6 Å². The fourth-order valence-corrected chi connectivity index (χ4v) is 3.27. The summed E-state index contributed by atoms with van der Waals surface area (Å²) in [6.07, 6.45) is 0.942. The third-order valence-corrected chi connectivity index (χ3v) is 4.63. The molecular weight excluding hydrogens is 372 g/mol. The lowest BCUT2D eigenvalue weighted by Crippen LogP contribution is -2.24. The lowest BCUT2D eigenvalue weighted by atomic mass is 9.99. The average molecular weight is 386 g/mol. The number of halogens is 2. The lowest BCUT2D eigenvalue weighted by molar-refractivity contribution is 0.138. The molecule has 2 nitrogen and oxygen atoms in total. The van der Waals surface area contributed by atoms with E-state index in [1.54, 1.807) is 0 Å². The van der Waals surface area contributed by atoms with Gasteiger partial charge in [0, 0.05) is 6.42 Å². The van der Waals surface area contributed by atoms with Crippen molar-refractivity contribution in [1.82, 2.24) is 0 Å². The molecule has 19 heavy (non-hydrogen) atoms. The predicted octanol–water partition coefficient (Wildman–Crippen LogP) is 5.24. The molecule has 2 aromatic rings. The van der Waals surface area contributed by atoms with Crippen LogP contribution in [0.3, 0.4) is 0 Å². The summed E-state index contributed by atoms with van der Waals surface area (Å²) in [4.78, 5) is 0.0628. The fraction of sp³-hybridized carbons (Fsp3) is 0.333. The van der Waals surface area contributed by atoms with Crippen LogP contribution in [0, 0.1) is 0 Å². The normalized spacial score (nSPS) is 17.9. The molecule has 0 radical (unpaired) electrons. The standard InChI is InChI=1S/C15H14Br2O2/c1-15(2)8-10-7-9(3-4-11(10)19-15)14(17)12-5-6-13(16)18-12/h3-7,14H,8H2,1-2H3. The molecule has 100 valence electrons. The molecule has 1 aliphatic rings. The summed E-state index contributed by atoms with van der Waals surface area (Å²) < 4.78 is 12.2. The minimum absolute atomic E-state index is 0.0628. The Bertz CT molecular complexity index is 616. The molecule has 3 rings (SSSR count). The van der Waals surface area contributed by atoms with Crippen LogP contribution >= 0.6 is 31.9 Å². The Morgan fingerprint density at radius 1 is 1.21 bits per heavy atom. The van der Waals surface area contributed by atoms with Gasteiger partial charge in [0.05, 0.1) is 4.83 Å². The molecule has 2 heterocycles. The van der Waals surface area contributed by atoms with Crippen molar-refractivity contribution in [3.05, 3.63) is 51.9 Å². The first kappa shape index (κ1) is 13.3. The van der Waals surface area contributed by atoms with Gasteiger partial charge >= 0.3 is 0 Å². The van der Waals surface area contributed by atoms with Crippen LogP contribution in [0.2, 0.25) is 0 Å². The number of alkyl halides is 1. The van der Waals surface area contributed by atoms with Crippen molar-refractivity contribution in [2.75, 3.05) is 0 Å². The summed E-state index contributed by atoms with van der Waals surface area (Å²) in [5, 5.41) is 0. The highest BCUT2D eigenvalue weighted by Gasteiger charge is 2.30. The fourth-order valence-electron chi connectivity index (χ4n) is 2.42. The van der Waals surface area contributed by atoms with E-state index >= 15 is 0 Å². The maximum Gasteiger partial charge on any atom is 0.169 e. The van der Waals surface area contributed by atoms with Crippen molar-refractivity contribution in [3.8, 4) is 5.75 Å². The SMILES string of the molecule is CC1(C)Cc2cc(C(Br)c3ccc(Br)o3)ccc2O1. The van der Waals surface area contributed by atoms with E-state index in [0.717, 1.165) is 22.6 Å². The highest BCUT2D eigenvalue weighted by Crippen LogP contribution is 2.39. The van der Waals surface area contributed by atoms with Gasteiger partial charge in [0.2, 0.25) is 0 Å². The minimum atomic E-state index is -0.101. The molecule has 1 aromatic carbocycles. The van der Waals surface area contributed by atoms with Gasteiger partial charge in [0.1, 0.15) is 17.1 Å². The van der Waals surface area contributed by atoms with Crippen LogP contribution < -0.4 is 4.74 Å². The van der Waals surface area contributed by atoms with Gasteiger partial charge in [-0.2, -0.15) is 0 Å². The molecule has 4 heteroatoms. The van der Waals surface area contributed by atoms with E-state index < -0.39 is 0 Å². The topological polar surface area (TPSA) is 22.4 Å². The summed E-state index contributed by atoms with van der Waals surface area (Å²) in [6.45, 7) is 4.23. The lowest BCUT2D eigenvalue weighted by Gasteiger charge is -2.16.